The van der Waals surface area contributed by atoms with Crippen LogP contribution in [0.15, 0.2) is 12.1 Å². The molecule has 0 amide bonds. The van der Waals surface area contributed by atoms with Crippen molar-refractivity contribution < 1.29 is 18.0 Å². The van der Waals surface area contributed by atoms with Gasteiger partial charge in [0.15, 0.2) is 11.5 Å². The number of hydrogen-bond acceptors (Lipinski definition) is 2. The van der Waals surface area contributed by atoms with E-state index in [1.165, 1.54) is 10.8 Å². The second kappa shape index (κ2) is 4.83. The van der Waals surface area contributed by atoms with Gasteiger partial charge in [-0.2, -0.15) is 18.3 Å². The largest absolute Gasteiger partial charge is 0.435 e. The summed E-state index contributed by atoms with van der Waals surface area (Å²) < 4.78 is 39.5. The van der Waals surface area contributed by atoms with Crippen LogP contribution in [0.3, 0.4) is 0 Å². The van der Waals surface area contributed by atoms with Gasteiger partial charge in [0, 0.05) is 12.5 Å². The Morgan fingerprint density at radius 3 is 2.53 bits per heavy atom. The molecule has 1 aliphatic carbocycles. The van der Waals surface area contributed by atoms with Gasteiger partial charge in [-0.1, -0.05) is 0 Å². The molecule has 104 valence electrons. The van der Waals surface area contributed by atoms with Crippen LogP contribution < -0.4 is 0 Å². The van der Waals surface area contributed by atoms with Gasteiger partial charge < -0.3 is 0 Å². The monoisotopic (exact) mass is 272 g/mol. The number of hydrogen-bond donors (Lipinski definition) is 0. The lowest BCUT2D eigenvalue weighted by molar-refractivity contribution is -0.141. The standard InChI is InChI=1S/C13H15F3N2O/c1-8(2)18-11(7-12(17-18)13(14,15)16)9-4-3-5-10(19)6-9/h6-8H,3-5H2,1-2H3. The Morgan fingerprint density at radius 1 is 1.32 bits per heavy atom. The molecule has 0 radical (unpaired) electrons. The number of halogens is 3. The zero-order valence-electron chi connectivity index (χ0n) is 10.8. The third-order valence-electron chi connectivity index (χ3n) is 3.05. The number of alkyl halides is 3. The van der Waals surface area contributed by atoms with Gasteiger partial charge in [-0.3, -0.25) is 9.48 Å². The predicted octanol–water partition coefficient (Wildman–Crippen LogP) is 3.62. The summed E-state index contributed by atoms with van der Waals surface area (Å²) in [5, 5.41) is 3.62. The highest BCUT2D eigenvalue weighted by atomic mass is 19.4. The molecule has 0 spiro atoms. The highest BCUT2D eigenvalue weighted by Gasteiger charge is 2.35. The number of nitrogens with zero attached hydrogens (tertiary/aromatic N) is 2. The maximum atomic E-state index is 12.7. The Balaban J connectivity index is 2.49. The highest BCUT2D eigenvalue weighted by Crippen LogP contribution is 2.33. The van der Waals surface area contributed by atoms with E-state index in [9.17, 15) is 18.0 Å². The zero-order chi connectivity index (χ0) is 14.2. The summed E-state index contributed by atoms with van der Waals surface area (Å²) in [4.78, 5) is 11.4. The van der Waals surface area contributed by atoms with Crippen LogP contribution in [0.25, 0.3) is 5.57 Å². The first-order valence-electron chi connectivity index (χ1n) is 6.19. The molecule has 19 heavy (non-hydrogen) atoms. The van der Waals surface area contributed by atoms with Crippen molar-refractivity contribution in [3.8, 4) is 0 Å². The molecule has 0 saturated carbocycles. The number of allylic oxidation sites excluding steroid dienone is 2. The fraction of sp³-hybridized carbons (Fsp3) is 0.538. The number of ketones is 1. The third-order valence-corrected chi connectivity index (χ3v) is 3.05. The molecule has 0 fully saturated rings. The Kier molecular flexibility index (Phi) is 3.52. The van der Waals surface area contributed by atoms with Crippen LogP contribution in [0.1, 0.15) is 50.5 Å². The average molecular weight is 272 g/mol. The summed E-state index contributed by atoms with van der Waals surface area (Å²) in [7, 11) is 0. The van der Waals surface area contributed by atoms with Crippen LogP contribution in [-0.4, -0.2) is 15.6 Å². The van der Waals surface area contributed by atoms with Crippen LogP contribution in [0.5, 0.6) is 0 Å². The molecule has 0 unspecified atom stereocenters. The fourth-order valence-electron chi connectivity index (χ4n) is 2.16. The molecule has 1 aromatic rings. The number of rotatable bonds is 2. The minimum atomic E-state index is -4.46. The van der Waals surface area contributed by atoms with E-state index < -0.39 is 11.9 Å². The van der Waals surface area contributed by atoms with Gasteiger partial charge in [0.2, 0.25) is 0 Å². The maximum Gasteiger partial charge on any atom is 0.435 e. The van der Waals surface area contributed by atoms with E-state index in [2.05, 4.69) is 5.10 Å². The molecule has 3 nitrogen and oxygen atoms in total. The summed E-state index contributed by atoms with van der Waals surface area (Å²) in [6.07, 6.45) is -1.27. The van der Waals surface area contributed by atoms with Gasteiger partial charge in [0.1, 0.15) is 0 Å². The highest BCUT2D eigenvalue weighted by molar-refractivity contribution is 5.98. The zero-order valence-corrected chi connectivity index (χ0v) is 10.8. The predicted molar refractivity (Wildman–Crippen MR) is 64.4 cm³/mol. The SMILES string of the molecule is CC(C)n1nc(C(F)(F)F)cc1C1=CC(=O)CCC1. The maximum absolute atomic E-state index is 12.7. The van der Waals surface area contributed by atoms with Crippen LogP contribution in [-0.2, 0) is 11.0 Å². The minimum absolute atomic E-state index is 0.0358. The third kappa shape index (κ3) is 2.88. The first-order chi connectivity index (χ1) is 8.79. The molecule has 0 aliphatic heterocycles. The van der Waals surface area contributed by atoms with Crippen molar-refractivity contribution in [2.45, 2.75) is 45.3 Å². The molecule has 0 N–H and O–H groups in total. The molecule has 1 aliphatic rings. The van der Waals surface area contributed by atoms with Crippen molar-refractivity contribution in [2.75, 3.05) is 0 Å². The van der Waals surface area contributed by atoms with Crippen molar-refractivity contribution >= 4 is 11.4 Å². The molecule has 6 heteroatoms. The van der Waals surface area contributed by atoms with E-state index in [1.807, 2.05) is 0 Å². The number of carbonyl (C=O) groups excluding carboxylic acids is 1. The molecule has 1 aromatic heterocycles. The fourth-order valence-corrected chi connectivity index (χ4v) is 2.16. The molecule has 0 bridgehead atoms. The van der Waals surface area contributed by atoms with Crippen molar-refractivity contribution in [2.24, 2.45) is 0 Å². The van der Waals surface area contributed by atoms with Crippen LogP contribution >= 0.6 is 0 Å². The smallest absolute Gasteiger partial charge is 0.295 e. The molecular formula is C13H15F3N2O. The first kappa shape index (κ1) is 13.8. The summed E-state index contributed by atoms with van der Waals surface area (Å²) in [5.41, 5.74) is 0.137. The van der Waals surface area contributed by atoms with E-state index in [0.29, 0.717) is 30.5 Å². The summed E-state index contributed by atoms with van der Waals surface area (Å²) in [6, 6.07) is 0.841. The summed E-state index contributed by atoms with van der Waals surface area (Å²) >= 11 is 0. The van der Waals surface area contributed by atoms with E-state index >= 15 is 0 Å². The van der Waals surface area contributed by atoms with Gasteiger partial charge in [-0.05, 0) is 44.4 Å². The lowest BCUT2D eigenvalue weighted by Crippen LogP contribution is -2.11. The Morgan fingerprint density at radius 2 is 2.00 bits per heavy atom. The van der Waals surface area contributed by atoms with Gasteiger partial charge in [0.25, 0.3) is 0 Å². The molecule has 1 heterocycles. The van der Waals surface area contributed by atoms with Gasteiger partial charge in [0.05, 0.1) is 5.69 Å². The first-order valence-corrected chi connectivity index (χ1v) is 6.19. The second-order valence-electron chi connectivity index (χ2n) is 4.94. The second-order valence-corrected chi connectivity index (χ2v) is 4.94. The number of aromatic nitrogens is 2. The topological polar surface area (TPSA) is 34.9 Å². The molecule has 2 rings (SSSR count). The Labute approximate surface area is 109 Å². The minimum Gasteiger partial charge on any atom is -0.295 e. The van der Waals surface area contributed by atoms with Gasteiger partial charge in [-0.15, -0.1) is 0 Å². The number of carbonyl (C=O) groups is 1. The van der Waals surface area contributed by atoms with Crippen LogP contribution in [0.2, 0.25) is 0 Å². The van der Waals surface area contributed by atoms with E-state index in [0.717, 1.165) is 6.07 Å². The van der Waals surface area contributed by atoms with E-state index in [-0.39, 0.29) is 11.8 Å². The normalized spacial score (nSPS) is 16.9. The lowest BCUT2D eigenvalue weighted by Gasteiger charge is -2.15. The van der Waals surface area contributed by atoms with E-state index in [1.54, 1.807) is 13.8 Å². The molecule has 0 aromatic carbocycles. The average Bonchev–Trinajstić information content (AvgIpc) is 2.73. The van der Waals surface area contributed by atoms with Gasteiger partial charge in [-0.25, -0.2) is 0 Å². The van der Waals surface area contributed by atoms with Crippen molar-refractivity contribution in [1.29, 1.82) is 0 Å². The van der Waals surface area contributed by atoms with Crippen molar-refractivity contribution in [3.05, 3.63) is 23.5 Å². The van der Waals surface area contributed by atoms with Crippen LogP contribution in [0, 0.1) is 0 Å². The van der Waals surface area contributed by atoms with Gasteiger partial charge >= 0.3 is 6.18 Å². The van der Waals surface area contributed by atoms with E-state index in [4.69, 9.17) is 0 Å². The molecule has 0 saturated heterocycles. The molecular weight excluding hydrogens is 257 g/mol. The summed E-state index contributed by atoms with van der Waals surface area (Å²) in [5.74, 6) is -0.0358. The van der Waals surface area contributed by atoms with Crippen molar-refractivity contribution in [3.63, 3.8) is 0 Å². The van der Waals surface area contributed by atoms with Crippen molar-refractivity contribution in [1.82, 2.24) is 9.78 Å². The Bertz CT molecular complexity index is 526. The van der Waals surface area contributed by atoms with Crippen LogP contribution in [0.4, 0.5) is 13.2 Å². The molecule has 0 atom stereocenters. The Hall–Kier alpha value is -1.59. The summed E-state index contributed by atoms with van der Waals surface area (Å²) in [6.45, 7) is 3.53. The lowest BCUT2D eigenvalue weighted by atomic mass is 9.96. The quantitative estimate of drug-likeness (QED) is 0.824.